The Balaban J connectivity index is 1.74. The third-order valence-electron chi connectivity index (χ3n) is 3.27. The normalized spacial score (nSPS) is 19.1. The summed E-state index contributed by atoms with van der Waals surface area (Å²) in [6.45, 7) is 6.60. The van der Waals surface area contributed by atoms with Gasteiger partial charge in [-0.05, 0) is 42.2 Å². The lowest BCUT2D eigenvalue weighted by Gasteiger charge is -2.26. The standard InChI is InChI=1S/C12H20BrN3O2/c1-9-11(13)12(15-14-9)10(17)3-2-4-16-5-7-18-8-6-16/h10,17H,2-8H2,1H3,(H,14,15)/t10-/m1/s1. The zero-order chi connectivity index (χ0) is 13.0. The van der Waals surface area contributed by atoms with Gasteiger partial charge in [0, 0.05) is 18.8 Å². The number of H-pyrrole nitrogens is 1. The number of aliphatic hydroxyl groups is 1. The van der Waals surface area contributed by atoms with E-state index in [2.05, 4.69) is 31.0 Å². The van der Waals surface area contributed by atoms with E-state index in [0.29, 0.717) is 0 Å². The number of hydrogen-bond donors (Lipinski definition) is 2. The Labute approximate surface area is 116 Å². The maximum absolute atomic E-state index is 10.1. The number of hydrogen-bond acceptors (Lipinski definition) is 4. The van der Waals surface area contributed by atoms with Gasteiger partial charge >= 0.3 is 0 Å². The van der Waals surface area contributed by atoms with Crippen molar-refractivity contribution in [2.75, 3.05) is 32.8 Å². The van der Waals surface area contributed by atoms with Crippen LogP contribution in [-0.2, 0) is 4.74 Å². The smallest absolute Gasteiger partial charge is 0.105 e. The van der Waals surface area contributed by atoms with Crippen molar-refractivity contribution in [3.63, 3.8) is 0 Å². The van der Waals surface area contributed by atoms with Gasteiger partial charge in [-0.2, -0.15) is 5.10 Å². The molecule has 1 aliphatic rings. The maximum Gasteiger partial charge on any atom is 0.105 e. The van der Waals surface area contributed by atoms with Crippen molar-refractivity contribution in [3.05, 3.63) is 15.9 Å². The minimum Gasteiger partial charge on any atom is -0.387 e. The first-order valence-electron chi connectivity index (χ1n) is 6.37. The summed E-state index contributed by atoms with van der Waals surface area (Å²) in [4.78, 5) is 2.38. The average Bonchev–Trinajstić information content (AvgIpc) is 2.71. The van der Waals surface area contributed by atoms with E-state index in [1.807, 2.05) is 6.92 Å². The summed E-state index contributed by atoms with van der Waals surface area (Å²) in [6.07, 6.45) is 1.21. The molecule has 1 atom stereocenters. The lowest BCUT2D eigenvalue weighted by molar-refractivity contribution is 0.0351. The molecule has 1 aromatic rings. The summed E-state index contributed by atoms with van der Waals surface area (Å²) in [5, 5.41) is 17.1. The van der Waals surface area contributed by atoms with E-state index in [4.69, 9.17) is 4.74 Å². The van der Waals surface area contributed by atoms with Gasteiger partial charge in [0.1, 0.15) is 5.69 Å². The quantitative estimate of drug-likeness (QED) is 0.866. The topological polar surface area (TPSA) is 61.4 Å². The second-order valence-corrected chi connectivity index (χ2v) is 5.45. The van der Waals surface area contributed by atoms with Gasteiger partial charge in [-0.1, -0.05) is 0 Å². The molecule has 1 aromatic heterocycles. The third kappa shape index (κ3) is 3.54. The Bertz CT molecular complexity index is 377. The fourth-order valence-corrected chi connectivity index (χ4v) is 2.57. The molecule has 1 saturated heterocycles. The highest BCUT2D eigenvalue weighted by Gasteiger charge is 2.17. The number of ether oxygens (including phenoxy) is 1. The molecule has 6 heteroatoms. The summed E-state index contributed by atoms with van der Waals surface area (Å²) in [6, 6.07) is 0. The van der Waals surface area contributed by atoms with Gasteiger partial charge in [-0.3, -0.25) is 10.00 Å². The van der Waals surface area contributed by atoms with Gasteiger partial charge in [0.05, 0.1) is 23.8 Å². The van der Waals surface area contributed by atoms with Crippen LogP contribution < -0.4 is 0 Å². The molecule has 0 unspecified atom stereocenters. The van der Waals surface area contributed by atoms with Crippen LogP contribution in [0.5, 0.6) is 0 Å². The van der Waals surface area contributed by atoms with E-state index in [-0.39, 0.29) is 0 Å². The van der Waals surface area contributed by atoms with Crippen LogP contribution in [0.15, 0.2) is 4.47 Å². The van der Waals surface area contributed by atoms with Gasteiger partial charge in [-0.15, -0.1) is 0 Å². The van der Waals surface area contributed by atoms with Crippen molar-refractivity contribution in [2.24, 2.45) is 0 Å². The zero-order valence-corrected chi connectivity index (χ0v) is 12.2. The fraction of sp³-hybridized carbons (Fsp3) is 0.750. The summed E-state index contributed by atoms with van der Waals surface area (Å²) in [5.41, 5.74) is 1.67. The van der Waals surface area contributed by atoms with Crippen LogP contribution in [0.2, 0.25) is 0 Å². The first kappa shape index (κ1) is 14.0. The molecule has 1 fully saturated rings. The highest BCUT2D eigenvalue weighted by molar-refractivity contribution is 9.10. The Morgan fingerprint density at radius 1 is 1.50 bits per heavy atom. The molecule has 18 heavy (non-hydrogen) atoms. The average molecular weight is 318 g/mol. The van der Waals surface area contributed by atoms with E-state index in [1.165, 1.54) is 0 Å². The van der Waals surface area contributed by atoms with E-state index >= 15 is 0 Å². The molecule has 0 bridgehead atoms. The van der Waals surface area contributed by atoms with Crippen molar-refractivity contribution in [1.82, 2.24) is 15.1 Å². The fourth-order valence-electron chi connectivity index (χ4n) is 2.12. The number of aryl methyl sites for hydroxylation is 1. The number of rotatable bonds is 5. The van der Waals surface area contributed by atoms with Gasteiger partial charge in [0.15, 0.2) is 0 Å². The highest BCUT2D eigenvalue weighted by atomic mass is 79.9. The van der Waals surface area contributed by atoms with Gasteiger partial charge < -0.3 is 9.84 Å². The van der Waals surface area contributed by atoms with Crippen LogP contribution in [0.25, 0.3) is 0 Å². The predicted molar refractivity (Wildman–Crippen MR) is 72.5 cm³/mol. The van der Waals surface area contributed by atoms with Gasteiger partial charge in [-0.25, -0.2) is 0 Å². The van der Waals surface area contributed by atoms with Gasteiger partial charge in [0.25, 0.3) is 0 Å². The van der Waals surface area contributed by atoms with Crippen LogP contribution in [0.4, 0.5) is 0 Å². The Kier molecular flexibility index (Phi) is 5.17. The van der Waals surface area contributed by atoms with Crippen LogP contribution in [-0.4, -0.2) is 53.1 Å². The lowest BCUT2D eigenvalue weighted by atomic mass is 10.1. The number of halogens is 1. The molecule has 1 aliphatic heterocycles. The third-order valence-corrected chi connectivity index (χ3v) is 4.27. The molecule has 0 radical (unpaired) electrons. The van der Waals surface area contributed by atoms with Crippen molar-refractivity contribution in [1.29, 1.82) is 0 Å². The Hall–Kier alpha value is -0.430. The second kappa shape index (κ2) is 6.65. The molecule has 0 spiro atoms. The molecule has 0 aliphatic carbocycles. The molecule has 102 valence electrons. The van der Waals surface area contributed by atoms with Crippen molar-refractivity contribution in [3.8, 4) is 0 Å². The zero-order valence-electron chi connectivity index (χ0n) is 10.7. The van der Waals surface area contributed by atoms with Crippen molar-refractivity contribution >= 4 is 15.9 Å². The van der Waals surface area contributed by atoms with Crippen LogP contribution in [0, 0.1) is 6.92 Å². The molecule has 0 aromatic carbocycles. The van der Waals surface area contributed by atoms with Crippen LogP contribution in [0.1, 0.15) is 30.3 Å². The Morgan fingerprint density at radius 2 is 2.22 bits per heavy atom. The number of aromatic nitrogens is 2. The first-order chi connectivity index (χ1) is 8.68. The maximum atomic E-state index is 10.1. The minimum absolute atomic E-state index is 0.495. The Morgan fingerprint density at radius 3 is 2.83 bits per heavy atom. The highest BCUT2D eigenvalue weighted by Crippen LogP contribution is 2.26. The van der Waals surface area contributed by atoms with E-state index in [0.717, 1.165) is 61.6 Å². The SMILES string of the molecule is Cc1[nH]nc([C@H](O)CCCN2CCOCC2)c1Br. The van der Waals surface area contributed by atoms with Crippen LogP contribution >= 0.6 is 15.9 Å². The van der Waals surface area contributed by atoms with Crippen LogP contribution in [0.3, 0.4) is 0 Å². The lowest BCUT2D eigenvalue weighted by Crippen LogP contribution is -2.36. The molecule has 2 N–H and O–H groups in total. The van der Waals surface area contributed by atoms with E-state index in [1.54, 1.807) is 0 Å². The monoisotopic (exact) mass is 317 g/mol. The number of nitrogens with zero attached hydrogens (tertiary/aromatic N) is 2. The molecule has 5 nitrogen and oxygen atoms in total. The molecule has 0 saturated carbocycles. The summed E-state index contributed by atoms with van der Waals surface area (Å²) >= 11 is 3.44. The molecule has 2 rings (SSSR count). The van der Waals surface area contributed by atoms with E-state index < -0.39 is 6.10 Å². The molecular formula is C12H20BrN3O2. The summed E-state index contributed by atoms with van der Waals surface area (Å²) in [7, 11) is 0. The van der Waals surface area contributed by atoms with E-state index in [9.17, 15) is 5.11 Å². The predicted octanol–water partition coefficient (Wildman–Crippen LogP) is 1.63. The minimum atomic E-state index is -0.495. The number of aromatic amines is 1. The summed E-state index contributed by atoms with van der Waals surface area (Å²) in [5.74, 6) is 0. The number of morpholine rings is 1. The molecular weight excluding hydrogens is 298 g/mol. The number of aliphatic hydroxyl groups excluding tert-OH is 1. The molecule has 2 heterocycles. The summed E-state index contributed by atoms with van der Waals surface area (Å²) < 4.78 is 6.19. The first-order valence-corrected chi connectivity index (χ1v) is 7.16. The second-order valence-electron chi connectivity index (χ2n) is 4.66. The van der Waals surface area contributed by atoms with Gasteiger partial charge in [0.2, 0.25) is 0 Å². The molecule has 0 amide bonds. The van der Waals surface area contributed by atoms with Crippen molar-refractivity contribution < 1.29 is 9.84 Å². The largest absolute Gasteiger partial charge is 0.387 e. The van der Waals surface area contributed by atoms with Crippen molar-refractivity contribution in [2.45, 2.75) is 25.9 Å². The number of nitrogens with one attached hydrogen (secondary N) is 1.